The van der Waals surface area contributed by atoms with Crippen LogP contribution in [0.4, 0.5) is 4.39 Å². The number of amides is 1. The van der Waals surface area contributed by atoms with Crippen LogP contribution in [0.2, 0.25) is 0 Å². The third-order valence-corrected chi connectivity index (χ3v) is 6.52. The smallest absolute Gasteiger partial charge is 0.231 e. The van der Waals surface area contributed by atoms with E-state index in [1.807, 2.05) is 41.8 Å². The summed E-state index contributed by atoms with van der Waals surface area (Å²) in [5, 5.41) is 5.89. The zero-order valence-electron chi connectivity index (χ0n) is 15.8. The molecule has 4 aromatic rings. The lowest BCUT2D eigenvalue weighted by molar-refractivity contribution is -0.119. The summed E-state index contributed by atoms with van der Waals surface area (Å²) < 4.78 is 15.4. The van der Waals surface area contributed by atoms with Crippen LogP contribution in [0.15, 0.2) is 71.2 Å². The fraction of sp³-hybridized carbons (Fsp3) is 0.182. The molecule has 29 heavy (non-hydrogen) atoms. The van der Waals surface area contributed by atoms with Gasteiger partial charge in [0.15, 0.2) is 5.16 Å². The van der Waals surface area contributed by atoms with Crippen molar-refractivity contribution in [3.8, 4) is 0 Å². The van der Waals surface area contributed by atoms with Crippen molar-refractivity contribution in [2.75, 3.05) is 5.75 Å². The first-order valence-electron chi connectivity index (χ1n) is 9.32. The van der Waals surface area contributed by atoms with Gasteiger partial charge >= 0.3 is 0 Å². The third kappa shape index (κ3) is 4.36. The molecule has 0 radical (unpaired) electrons. The first kappa shape index (κ1) is 19.7. The molecule has 4 rings (SSSR count). The van der Waals surface area contributed by atoms with Crippen LogP contribution in [0.25, 0.3) is 11.0 Å². The molecular weight excluding hydrogens is 405 g/mol. The summed E-state index contributed by atoms with van der Waals surface area (Å²) in [5.74, 6) is -0.127. The Morgan fingerprint density at radius 2 is 1.97 bits per heavy atom. The molecular formula is C22H20FN3OS2. The van der Waals surface area contributed by atoms with Crippen LogP contribution in [0.5, 0.6) is 0 Å². The van der Waals surface area contributed by atoms with E-state index in [0.29, 0.717) is 0 Å². The maximum Gasteiger partial charge on any atom is 0.231 e. The number of nitrogens with zero attached hydrogens (tertiary/aromatic N) is 2. The minimum atomic E-state index is -0.298. The van der Waals surface area contributed by atoms with Crippen LogP contribution >= 0.6 is 23.1 Å². The molecule has 1 atom stereocenters. The van der Waals surface area contributed by atoms with Crippen LogP contribution in [0, 0.1) is 5.82 Å². The van der Waals surface area contributed by atoms with Crippen LogP contribution in [-0.4, -0.2) is 21.2 Å². The molecule has 0 unspecified atom stereocenters. The van der Waals surface area contributed by atoms with Crippen molar-refractivity contribution in [3.05, 3.63) is 82.3 Å². The molecule has 4 nitrogen and oxygen atoms in total. The zero-order chi connectivity index (χ0) is 20.2. The van der Waals surface area contributed by atoms with Gasteiger partial charge in [0.1, 0.15) is 5.82 Å². The number of carbonyl (C=O) groups is 1. The number of halogens is 1. The van der Waals surface area contributed by atoms with Gasteiger partial charge < -0.3 is 9.88 Å². The van der Waals surface area contributed by atoms with Gasteiger partial charge in [0.05, 0.1) is 22.8 Å². The number of carbonyl (C=O) groups excluding carboxylic acids is 1. The van der Waals surface area contributed by atoms with E-state index in [9.17, 15) is 9.18 Å². The highest BCUT2D eigenvalue weighted by atomic mass is 32.2. The van der Waals surface area contributed by atoms with Gasteiger partial charge in [-0.1, -0.05) is 42.1 Å². The van der Waals surface area contributed by atoms with Gasteiger partial charge in [-0.3, -0.25) is 4.79 Å². The van der Waals surface area contributed by atoms with Gasteiger partial charge in [0, 0.05) is 11.4 Å². The molecule has 2 aromatic heterocycles. The van der Waals surface area contributed by atoms with Gasteiger partial charge in [-0.15, -0.1) is 11.3 Å². The summed E-state index contributed by atoms with van der Waals surface area (Å²) in [6, 6.07) is 17.9. The monoisotopic (exact) mass is 425 g/mol. The molecule has 0 fully saturated rings. The number of hydrogen-bond donors (Lipinski definition) is 1. The number of aromatic nitrogens is 2. The van der Waals surface area contributed by atoms with E-state index in [1.165, 1.54) is 23.9 Å². The van der Waals surface area contributed by atoms with Crippen molar-refractivity contribution < 1.29 is 9.18 Å². The highest BCUT2D eigenvalue weighted by molar-refractivity contribution is 7.99. The number of imidazole rings is 1. The number of rotatable bonds is 7. The molecule has 0 spiro atoms. The number of hydrogen-bond acceptors (Lipinski definition) is 4. The summed E-state index contributed by atoms with van der Waals surface area (Å²) in [7, 11) is 0. The standard InChI is InChI=1S/C22H20FN3OS2/c1-2-26-18-7-4-3-6-17(18)24-22(26)29-14-20(27)25-21(19-8-5-13-28-19)15-9-11-16(23)12-10-15/h3-13,21H,2,14H2,1H3,(H,25,27)/t21-/m0/s1. The van der Waals surface area contributed by atoms with E-state index < -0.39 is 0 Å². The predicted molar refractivity (Wildman–Crippen MR) is 117 cm³/mol. The van der Waals surface area contributed by atoms with E-state index in [1.54, 1.807) is 23.5 Å². The quantitative estimate of drug-likeness (QED) is 0.411. The van der Waals surface area contributed by atoms with Crippen molar-refractivity contribution in [2.24, 2.45) is 0 Å². The molecule has 148 valence electrons. The van der Waals surface area contributed by atoms with E-state index >= 15 is 0 Å². The lowest BCUT2D eigenvalue weighted by Crippen LogP contribution is -2.30. The molecule has 0 saturated heterocycles. The van der Waals surface area contributed by atoms with Crippen molar-refractivity contribution in [2.45, 2.75) is 24.7 Å². The first-order valence-corrected chi connectivity index (χ1v) is 11.2. The average molecular weight is 426 g/mol. The van der Waals surface area contributed by atoms with E-state index in [0.717, 1.165) is 33.2 Å². The van der Waals surface area contributed by atoms with Gasteiger partial charge in [0.2, 0.25) is 5.91 Å². The molecule has 0 aliphatic carbocycles. The Kier molecular flexibility index (Phi) is 5.97. The molecule has 2 heterocycles. The lowest BCUT2D eigenvalue weighted by atomic mass is 10.1. The molecule has 2 aromatic carbocycles. The average Bonchev–Trinajstić information content (AvgIpc) is 3.38. The number of aryl methyl sites for hydroxylation is 1. The lowest BCUT2D eigenvalue weighted by Gasteiger charge is -2.18. The molecule has 0 saturated carbocycles. The highest BCUT2D eigenvalue weighted by Crippen LogP contribution is 2.27. The van der Waals surface area contributed by atoms with E-state index in [2.05, 4.69) is 21.8 Å². The zero-order valence-corrected chi connectivity index (χ0v) is 17.5. The fourth-order valence-corrected chi connectivity index (χ4v) is 4.92. The van der Waals surface area contributed by atoms with Gasteiger partial charge in [-0.25, -0.2) is 9.37 Å². The molecule has 0 aliphatic heterocycles. The number of thiophene rings is 1. The molecule has 0 bridgehead atoms. The van der Waals surface area contributed by atoms with Gasteiger partial charge in [-0.05, 0) is 48.2 Å². The molecule has 1 N–H and O–H groups in total. The Morgan fingerprint density at radius 1 is 1.17 bits per heavy atom. The Balaban J connectivity index is 1.50. The Bertz CT molecular complexity index is 1110. The molecule has 1 amide bonds. The maximum absolute atomic E-state index is 13.3. The van der Waals surface area contributed by atoms with Crippen molar-refractivity contribution in [1.29, 1.82) is 0 Å². The second kappa shape index (κ2) is 8.80. The van der Waals surface area contributed by atoms with E-state index in [4.69, 9.17) is 0 Å². The van der Waals surface area contributed by atoms with Crippen LogP contribution in [-0.2, 0) is 11.3 Å². The van der Waals surface area contributed by atoms with Crippen LogP contribution in [0.1, 0.15) is 23.4 Å². The highest BCUT2D eigenvalue weighted by Gasteiger charge is 2.19. The summed E-state index contributed by atoms with van der Waals surface area (Å²) in [4.78, 5) is 18.4. The second-order valence-corrected chi connectivity index (χ2v) is 8.41. The van der Waals surface area contributed by atoms with Crippen LogP contribution < -0.4 is 5.32 Å². The summed E-state index contributed by atoms with van der Waals surface area (Å²) in [6.45, 7) is 2.86. The van der Waals surface area contributed by atoms with Crippen molar-refractivity contribution >= 4 is 40.0 Å². The largest absolute Gasteiger partial charge is 0.344 e. The van der Waals surface area contributed by atoms with Crippen LogP contribution in [0.3, 0.4) is 0 Å². The second-order valence-electron chi connectivity index (χ2n) is 6.48. The van der Waals surface area contributed by atoms with E-state index in [-0.39, 0.29) is 23.5 Å². The predicted octanol–water partition coefficient (Wildman–Crippen LogP) is 5.25. The molecule has 0 aliphatic rings. The number of nitrogens with one attached hydrogen (secondary N) is 1. The SMILES string of the molecule is CCn1c(SCC(=O)N[C@@H](c2ccc(F)cc2)c2cccs2)nc2ccccc21. The van der Waals surface area contributed by atoms with Crippen molar-refractivity contribution in [3.63, 3.8) is 0 Å². The van der Waals surface area contributed by atoms with Gasteiger partial charge in [0.25, 0.3) is 0 Å². The molecule has 7 heteroatoms. The van der Waals surface area contributed by atoms with Crippen molar-refractivity contribution in [1.82, 2.24) is 14.9 Å². The number of benzene rings is 2. The minimum Gasteiger partial charge on any atom is -0.344 e. The Hall–Kier alpha value is -2.64. The topological polar surface area (TPSA) is 46.9 Å². The normalized spacial score (nSPS) is 12.2. The van der Waals surface area contributed by atoms with Gasteiger partial charge in [-0.2, -0.15) is 0 Å². The number of fused-ring (bicyclic) bond motifs is 1. The summed E-state index contributed by atoms with van der Waals surface area (Å²) >= 11 is 2.99. The maximum atomic E-state index is 13.3. The third-order valence-electron chi connectivity index (χ3n) is 4.60. The summed E-state index contributed by atoms with van der Waals surface area (Å²) in [6.07, 6.45) is 0. The number of para-hydroxylation sites is 2. The first-order chi connectivity index (χ1) is 14.2. The number of thioether (sulfide) groups is 1. The minimum absolute atomic E-state index is 0.0903. The Labute approximate surface area is 176 Å². The summed E-state index contributed by atoms with van der Waals surface area (Å²) in [5.41, 5.74) is 2.86. The Morgan fingerprint density at radius 3 is 2.69 bits per heavy atom. The fourth-order valence-electron chi connectivity index (χ4n) is 3.23.